The Morgan fingerprint density at radius 3 is 2.09 bits per heavy atom. The van der Waals surface area contributed by atoms with E-state index in [1.807, 2.05) is 13.8 Å². The van der Waals surface area contributed by atoms with Gasteiger partial charge in [0.05, 0.1) is 12.1 Å². The summed E-state index contributed by atoms with van der Waals surface area (Å²) < 4.78 is 0. The van der Waals surface area contributed by atoms with Crippen LogP contribution in [-0.2, 0) is 4.79 Å². The summed E-state index contributed by atoms with van der Waals surface area (Å²) in [4.78, 5) is 11.0. The van der Waals surface area contributed by atoms with Gasteiger partial charge in [-0.2, -0.15) is 10.5 Å². The van der Waals surface area contributed by atoms with Gasteiger partial charge in [0, 0.05) is 6.42 Å². The number of Topliss-reactive ketones (excluding diaryl/α,β-unsaturated/α-hetero) is 1. The largest absolute Gasteiger partial charge is 0.297 e. The zero-order chi connectivity index (χ0) is 8.85. The molecule has 0 saturated heterocycles. The van der Waals surface area contributed by atoms with Crippen LogP contribution in [0.5, 0.6) is 0 Å². The summed E-state index contributed by atoms with van der Waals surface area (Å²) in [6, 6.07) is 3.29. The van der Waals surface area contributed by atoms with E-state index in [1.165, 1.54) is 0 Å². The highest BCUT2D eigenvalue weighted by molar-refractivity contribution is 5.85. The van der Waals surface area contributed by atoms with Crippen LogP contribution in [0.1, 0.15) is 20.3 Å². The van der Waals surface area contributed by atoms with Crippen molar-refractivity contribution in [3.63, 3.8) is 0 Å². The van der Waals surface area contributed by atoms with Crippen molar-refractivity contribution in [2.24, 2.45) is 11.8 Å². The summed E-state index contributed by atoms with van der Waals surface area (Å²) in [6.07, 6.45) is 0.311. The van der Waals surface area contributed by atoms with Crippen LogP contribution in [0.25, 0.3) is 0 Å². The van der Waals surface area contributed by atoms with Crippen molar-refractivity contribution in [3.8, 4) is 12.1 Å². The first kappa shape index (κ1) is 9.65. The monoisotopic (exact) mass is 150 g/mol. The molecule has 0 amide bonds. The number of carbonyl (C=O) groups excluding carboxylic acids is 1. The molecule has 0 fully saturated rings. The molecule has 0 spiro atoms. The van der Waals surface area contributed by atoms with Crippen LogP contribution in [0, 0.1) is 34.5 Å². The first-order valence-corrected chi connectivity index (χ1v) is 3.43. The lowest BCUT2D eigenvalue weighted by atomic mass is 9.99. The molecule has 0 bridgehead atoms. The van der Waals surface area contributed by atoms with Crippen molar-refractivity contribution >= 4 is 5.78 Å². The van der Waals surface area contributed by atoms with E-state index in [4.69, 9.17) is 10.5 Å². The van der Waals surface area contributed by atoms with Gasteiger partial charge in [0.1, 0.15) is 0 Å². The molecule has 0 aliphatic carbocycles. The van der Waals surface area contributed by atoms with Crippen LogP contribution < -0.4 is 0 Å². The average molecular weight is 150 g/mol. The van der Waals surface area contributed by atoms with Crippen molar-refractivity contribution < 1.29 is 4.79 Å². The number of hydrogen-bond acceptors (Lipinski definition) is 3. The van der Waals surface area contributed by atoms with Crippen molar-refractivity contribution in [1.82, 2.24) is 0 Å². The maximum atomic E-state index is 11.0. The van der Waals surface area contributed by atoms with E-state index in [2.05, 4.69) is 0 Å². The Bertz CT molecular complexity index is 205. The zero-order valence-electron chi connectivity index (χ0n) is 6.66. The third-order valence-corrected chi connectivity index (χ3v) is 1.19. The average Bonchev–Trinajstić information content (AvgIpc) is 1.88. The highest BCUT2D eigenvalue weighted by atomic mass is 16.1. The predicted molar refractivity (Wildman–Crippen MR) is 39.2 cm³/mol. The second kappa shape index (κ2) is 4.46. The molecule has 0 rings (SSSR count). The molecule has 11 heavy (non-hydrogen) atoms. The molecular weight excluding hydrogens is 140 g/mol. The molecule has 0 aliphatic heterocycles. The van der Waals surface area contributed by atoms with Crippen LogP contribution in [0.2, 0.25) is 0 Å². The van der Waals surface area contributed by atoms with E-state index in [-0.39, 0.29) is 11.7 Å². The maximum Gasteiger partial charge on any atom is 0.191 e. The topological polar surface area (TPSA) is 64.7 Å². The molecule has 0 atom stereocenters. The molecule has 0 aromatic rings. The fourth-order valence-electron chi connectivity index (χ4n) is 0.693. The van der Waals surface area contributed by atoms with E-state index >= 15 is 0 Å². The van der Waals surface area contributed by atoms with E-state index in [1.54, 1.807) is 12.1 Å². The molecule has 0 heterocycles. The van der Waals surface area contributed by atoms with Gasteiger partial charge in [-0.3, -0.25) is 4.79 Å². The van der Waals surface area contributed by atoms with Crippen molar-refractivity contribution in [2.45, 2.75) is 20.3 Å². The number of hydrogen-bond donors (Lipinski definition) is 0. The summed E-state index contributed by atoms with van der Waals surface area (Å²) in [6.45, 7) is 3.76. The van der Waals surface area contributed by atoms with Crippen molar-refractivity contribution in [1.29, 1.82) is 10.5 Å². The van der Waals surface area contributed by atoms with Gasteiger partial charge in [-0.15, -0.1) is 0 Å². The zero-order valence-corrected chi connectivity index (χ0v) is 6.66. The Labute approximate surface area is 66.2 Å². The van der Waals surface area contributed by atoms with E-state index in [9.17, 15) is 4.79 Å². The van der Waals surface area contributed by atoms with Gasteiger partial charge >= 0.3 is 0 Å². The van der Waals surface area contributed by atoms with Crippen LogP contribution in [0.4, 0.5) is 0 Å². The predicted octanol–water partition coefficient (Wildman–Crippen LogP) is 1.26. The molecule has 0 aromatic heterocycles. The number of ketones is 1. The van der Waals surface area contributed by atoms with Crippen LogP contribution in [-0.4, -0.2) is 5.78 Å². The molecule has 0 aromatic carbocycles. The Morgan fingerprint density at radius 2 is 1.82 bits per heavy atom. The quantitative estimate of drug-likeness (QED) is 0.608. The molecule has 0 aliphatic rings. The minimum atomic E-state index is -1.07. The smallest absolute Gasteiger partial charge is 0.191 e. The number of nitrogens with zero attached hydrogens (tertiary/aromatic N) is 2. The molecule has 3 nitrogen and oxygen atoms in total. The Balaban J connectivity index is 4.06. The lowest BCUT2D eigenvalue weighted by molar-refractivity contribution is -0.120. The Kier molecular flexibility index (Phi) is 3.92. The number of rotatable bonds is 3. The van der Waals surface area contributed by atoms with Gasteiger partial charge in [0.25, 0.3) is 0 Å². The molecule has 0 N–H and O–H groups in total. The Hall–Kier alpha value is -1.35. The summed E-state index contributed by atoms with van der Waals surface area (Å²) >= 11 is 0. The van der Waals surface area contributed by atoms with Gasteiger partial charge in [-0.05, 0) is 5.92 Å². The van der Waals surface area contributed by atoms with Crippen LogP contribution in [0.15, 0.2) is 0 Å². The van der Waals surface area contributed by atoms with Crippen LogP contribution >= 0.6 is 0 Å². The van der Waals surface area contributed by atoms with Gasteiger partial charge in [-0.1, -0.05) is 13.8 Å². The SMILES string of the molecule is CC(C)CC(=O)C(C#N)C#N. The minimum absolute atomic E-state index is 0.215. The normalized spacial score (nSPS) is 9.27. The minimum Gasteiger partial charge on any atom is -0.297 e. The maximum absolute atomic E-state index is 11.0. The van der Waals surface area contributed by atoms with E-state index in [0.29, 0.717) is 6.42 Å². The first-order valence-electron chi connectivity index (χ1n) is 3.43. The number of carbonyl (C=O) groups is 1. The van der Waals surface area contributed by atoms with Gasteiger partial charge in [0.2, 0.25) is 0 Å². The lowest BCUT2D eigenvalue weighted by Crippen LogP contribution is -2.12. The summed E-state index contributed by atoms with van der Waals surface area (Å²) in [7, 11) is 0. The van der Waals surface area contributed by atoms with Crippen LogP contribution in [0.3, 0.4) is 0 Å². The lowest BCUT2D eigenvalue weighted by Gasteiger charge is -2.01. The third kappa shape index (κ3) is 3.37. The third-order valence-electron chi connectivity index (χ3n) is 1.19. The fraction of sp³-hybridized carbons (Fsp3) is 0.625. The second-order valence-corrected chi connectivity index (χ2v) is 2.76. The van der Waals surface area contributed by atoms with Crippen molar-refractivity contribution in [3.05, 3.63) is 0 Å². The van der Waals surface area contributed by atoms with Gasteiger partial charge in [0.15, 0.2) is 11.7 Å². The highest BCUT2D eigenvalue weighted by Crippen LogP contribution is 2.06. The van der Waals surface area contributed by atoms with Gasteiger partial charge in [-0.25, -0.2) is 0 Å². The molecule has 3 heteroatoms. The van der Waals surface area contributed by atoms with E-state index in [0.717, 1.165) is 0 Å². The summed E-state index contributed by atoms with van der Waals surface area (Å²) in [5.74, 6) is -1.13. The summed E-state index contributed by atoms with van der Waals surface area (Å²) in [5, 5.41) is 16.6. The molecule has 0 unspecified atom stereocenters. The summed E-state index contributed by atoms with van der Waals surface area (Å²) in [5.41, 5.74) is 0. The molecular formula is C8H10N2O. The molecule has 0 saturated carbocycles. The molecule has 58 valence electrons. The molecule has 0 radical (unpaired) electrons. The first-order chi connectivity index (χ1) is 5.11. The fourth-order valence-corrected chi connectivity index (χ4v) is 0.693. The number of nitriles is 2. The van der Waals surface area contributed by atoms with E-state index < -0.39 is 5.92 Å². The van der Waals surface area contributed by atoms with Crippen molar-refractivity contribution in [2.75, 3.05) is 0 Å². The standard InChI is InChI=1S/C8H10N2O/c1-6(2)3-8(11)7(4-9)5-10/h6-7H,3H2,1-2H3. The Morgan fingerprint density at radius 1 is 1.36 bits per heavy atom. The second-order valence-electron chi connectivity index (χ2n) is 2.76. The highest BCUT2D eigenvalue weighted by Gasteiger charge is 2.17. The van der Waals surface area contributed by atoms with Gasteiger partial charge < -0.3 is 0 Å².